The van der Waals surface area contributed by atoms with Crippen LogP contribution < -0.4 is 0 Å². The Hall–Kier alpha value is -3.47. The third kappa shape index (κ3) is 3.96. The highest BCUT2D eigenvalue weighted by Gasteiger charge is 2.34. The number of imidazole rings is 1. The number of para-hydroxylation sites is 2. The molecule has 3 aromatic carbocycles. The molecule has 0 radical (unpaired) electrons. The number of aryl methyl sites for hydroxylation is 1. The summed E-state index contributed by atoms with van der Waals surface area (Å²) in [5.74, 6) is 0.838. The summed E-state index contributed by atoms with van der Waals surface area (Å²) in [4.78, 5) is 19.6. The normalized spacial score (nSPS) is 16.4. The van der Waals surface area contributed by atoms with Crippen molar-refractivity contribution in [2.24, 2.45) is 0 Å². The number of hydrogen-bond acceptors (Lipinski definition) is 2. The Bertz CT molecular complexity index is 1250. The minimum absolute atomic E-state index is 0.0326. The van der Waals surface area contributed by atoms with E-state index in [-0.39, 0.29) is 17.6 Å². The fraction of sp³-hybridized carbons (Fsp3) is 0.231. The van der Waals surface area contributed by atoms with Gasteiger partial charge in [0.25, 0.3) is 0 Å². The highest BCUT2D eigenvalue weighted by atomic mass is 19.1. The van der Waals surface area contributed by atoms with Crippen LogP contribution in [0.2, 0.25) is 0 Å². The zero-order chi connectivity index (χ0) is 21.4. The molecule has 5 rings (SSSR count). The van der Waals surface area contributed by atoms with E-state index < -0.39 is 0 Å². The van der Waals surface area contributed by atoms with Crippen molar-refractivity contribution in [1.82, 2.24) is 14.5 Å². The fourth-order valence-corrected chi connectivity index (χ4v) is 4.47. The molecule has 31 heavy (non-hydrogen) atoms. The van der Waals surface area contributed by atoms with E-state index in [1.165, 1.54) is 23.3 Å². The number of hydrogen-bond donors (Lipinski definition) is 0. The Morgan fingerprint density at radius 3 is 2.58 bits per heavy atom. The summed E-state index contributed by atoms with van der Waals surface area (Å²) in [6, 6.07) is 23.0. The number of fused-ring (bicyclic) bond motifs is 1. The molecule has 1 fully saturated rings. The average molecular weight is 413 g/mol. The van der Waals surface area contributed by atoms with Crippen LogP contribution in [0.4, 0.5) is 4.39 Å². The molecule has 2 heterocycles. The van der Waals surface area contributed by atoms with Gasteiger partial charge < -0.3 is 9.47 Å². The smallest absolute Gasteiger partial charge is 0.223 e. The average Bonchev–Trinajstić information content (AvgIpc) is 3.30. The fourth-order valence-electron chi connectivity index (χ4n) is 4.47. The van der Waals surface area contributed by atoms with E-state index in [1.54, 1.807) is 12.1 Å². The van der Waals surface area contributed by atoms with Crippen LogP contribution in [-0.4, -0.2) is 26.9 Å². The summed E-state index contributed by atoms with van der Waals surface area (Å²) in [5, 5.41) is 0. The van der Waals surface area contributed by atoms with Crippen LogP contribution in [0.5, 0.6) is 0 Å². The van der Waals surface area contributed by atoms with Gasteiger partial charge in [-0.2, -0.15) is 0 Å². The van der Waals surface area contributed by atoms with Crippen molar-refractivity contribution in [3.05, 3.63) is 101 Å². The number of carbonyl (C=O) groups excluding carboxylic acids is 1. The minimum atomic E-state index is -0.265. The topological polar surface area (TPSA) is 38.1 Å². The lowest BCUT2D eigenvalue weighted by Gasteiger charge is -2.17. The standard InChI is InChI=1S/C26H24FN3O/c1-18-5-4-6-20(13-18)16-30-24-8-3-2-7-23(24)28-26(30)21-14-25(31)29(17-21)15-19-9-11-22(27)12-10-19/h2-13,21H,14-17H2,1H3. The van der Waals surface area contributed by atoms with Crippen molar-refractivity contribution in [1.29, 1.82) is 0 Å². The Kier molecular flexibility index (Phi) is 5.02. The lowest BCUT2D eigenvalue weighted by Crippen LogP contribution is -2.24. The van der Waals surface area contributed by atoms with Gasteiger partial charge in [0.15, 0.2) is 0 Å². The van der Waals surface area contributed by atoms with Crippen molar-refractivity contribution < 1.29 is 9.18 Å². The van der Waals surface area contributed by atoms with E-state index in [9.17, 15) is 9.18 Å². The molecule has 0 N–H and O–H groups in total. The number of aromatic nitrogens is 2. The monoisotopic (exact) mass is 413 g/mol. The number of nitrogens with zero attached hydrogens (tertiary/aromatic N) is 3. The zero-order valence-corrected chi connectivity index (χ0v) is 17.5. The van der Waals surface area contributed by atoms with Crippen molar-refractivity contribution in [2.75, 3.05) is 6.54 Å². The van der Waals surface area contributed by atoms with E-state index in [0.717, 1.165) is 29.0 Å². The van der Waals surface area contributed by atoms with Gasteiger partial charge in [-0.15, -0.1) is 0 Å². The van der Waals surface area contributed by atoms with E-state index in [1.807, 2.05) is 23.1 Å². The van der Waals surface area contributed by atoms with Crippen molar-refractivity contribution >= 4 is 16.9 Å². The van der Waals surface area contributed by atoms with Crippen LogP contribution in [0.15, 0.2) is 72.8 Å². The van der Waals surface area contributed by atoms with Gasteiger partial charge >= 0.3 is 0 Å². The first-order chi connectivity index (χ1) is 15.1. The van der Waals surface area contributed by atoms with Gasteiger partial charge in [-0.1, -0.05) is 54.1 Å². The number of benzene rings is 3. The van der Waals surface area contributed by atoms with Gasteiger partial charge in [-0.3, -0.25) is 4.79 Å². The maximum absolute atomic E-state index is 13.2. The summed E-state index contributed by atoms with van der Waals surface area (Å²) >= 11 is 0. The number of likely N-dealkylation sites (tertiary alicyclic amines) is 1. The van der Waals surface area contributed by atoms with Gasteiger partial charge in [-0.05, 0) is 42.3 Å². The predicted octanol–water partition coefficient (Wildman–Crippen LogP) is 5.05. The highest BCUT2D eigenvalue weighted by Crippen LogP contribution is 2.32. The number of carbonyl (C=O) groups is 1. The Morgan fingerprint density at radius 2 is 1.77 bits per heavy atom. The molecule has 0 spiro atoms. The number of rotatable bonds is 5. The van der Waals surface area contributed by atoms with E-state index in [4.69, 9.17) is 4.98 Å². The van der Waals surface area contributed by atoms with Gasteiger partial charge in [-0.25, -0.2) is 9.37 Å². The molecular formula is C26H24FN3O. The van der Waals surface area contributed by atoms with Gasteiger partial charge in [0.2, 0.25) is 5.91 Å². The van der Waals surface area contributed by atoms with Crippen molar-refractivity contribution in [3.8, 4) is 0 Å². The molecule has 1 saturated heterocycles. The van der Waals surface area contributed by atoms with Crippen LogP contribution in [0, 0.1) is 12.7 Å². The van der Waals surface area contributed by atoms with Crippen LogP contribution in [0.3, 0.4) is 0 Å². The van der Waals surface area contributed by atoms with Gasteiger partial charge in [0.05, 0.1) is 11.0 Å². The molecule has 0 bridgehead atoms. The molecule has 4 nitrogen and oxygen atoms in total. The summed E-state index contributed by atoms with van der Waals surface area (Å²) in [6.07, 6.45) is 0.443. The molecule has 1 aromatic heterocycles. The lowest BCUT2D eigenvalue weighted by molar-refractivity contribution is -0.128. The SMILES string of the molecule is Cc1cccc(Cn2c(C3CC(=O)N(Cc4ccc(F)cc4)C3)nc3ccccc32)c1. The third-order valence-electron chi connectivity index (χ3n) is 5.97. The van der Waals surface area contributed by atoms with Crippen LogP contribution in [-0.2, 0) is 17.9 Å². The Balaban J connectivity index is 1.45. The van der Waals surface area contributed by atoms with Crippen LogP contribution in [0.25, 0.3) is 11.0 Å². The van der Waals surface area contributed by atoms with Crippen LogP contribution >= 0.6 is 0 Å². The molecule has 0 aliphatic carbocycles. The third-order valence-corrected chi connectivity index (χ3v) is 5.97. The number of halogens is 1. The maximum atomic E-state index is 13.2. The zero-order valence-electron chi connectivity index (χ0n) is 17.5. The first-order valence-corrected chi connectivity index (χ1v) is 10.6. The summed E-state index contributed by atoms with van der Waals surface area (Å²) in [7, 11) is 0. The lowest BCUT2D eigenvalue weighted by atomic mass is 10.1. The van der Waals surface area contributed by atoms with E-state index >= 15 is 0 Å². The molecular weight excluding hydrogens is 389 g/mol. The Labute approximate surface area is 181 Å². The second-order valence-corrected chi connectivity index (χ2v) is 8.34. The molecule has 5 heteroatoms. The Morgan fingerprint density at radius 1 is 0.968 bits per heavy atom. The molecule has 1 unspecified atom stereocenters. The summed E-state index contributed by atoms with van der Waals surface area (Å²) < 4.78 is 15.5. The maximum Gasteiger partial charge on any atom is 0.223 e. The first kappa shape index (κ1) is 19.5. The van der Waals surface area contributed by atoms with Gasteiger partial charge in [0.1, 0.15) is 11.6 Å². The predicted molar refractivity (Wildman–Crippen MR) is 119 cm³/mol. The molecule has 1 atom stereocenters. The summed E-state index contributed by atoms with van der Waals surface area (Å²) in [5.41, 5.74) is 5.42. The second-order valence-electron chi connectivity index (χ2n) is 8.34. The first-order valence-electron chi connectivity index (χ1n) is 10.6. The second kappa shape index (κ2) is 7.99. The molecule has 1 aliphatic heterocycles. The van der Waals surface area contributed by atoms with E-state index in [0.29, 0.717) is 19.5 Å². The molecule has 156 valence electrons. The summed E-state index contributed by atoms with van der Waals surface area (Å²) in [6.45, 7) is 3.93. The largest absolute Gasteiger partial charge is 0.338 e. The van der Waals surface area contributed by atoms with Crippen molar-refractivity contribution in [3.63, 3.8) is 0 Å². The van der Waals surface area contributed by atoms with Crippen molar-refractivity contribution in [2.45, 2.75) is 32.4 Å². The molecule has 0 saturated carbocycles. The molecule has 1 aliphatic rings. The van der Waals surface area contributed by atoms with Crippen LogP contribution in [0.1, 0.15) is 34.9 Å². The molecule has 4 aromatic rings. The highest BCUT2D eigenvalue weighted by molar-refractivity contribution is 5.81. The quantitative estimate of drug-likeness (QED) is 0.459. The minimum Gasteiger partial charge on any atom is -0.338 e. The van der Waals surface area contributed by atoms with E-state index in [2.05, 4.69) is 41.8 Å². The van der Waals surface area contributed by atoms with Gasteiger partial charge in [0, 0.05) is 32.0 Å². The number of amides is 1. The molecule has 1 amide bonds.